The van der Waals surface area contributed by atoms with E-state index in [1.54, 1.807) is 12.3 Å². The molecule has 1 unspecified atom stereocenters. The first kappa shape index (κ1) is 15.7. The Morgan fingerprint density at radius 2 is 1.83 bits per heavy atom. The number of nitrogens with zero attached hydrogens (tertiary/aromatic N) is 1. The van der Waals surface area contributed by atoms with Crippen LogP contribution in [0.2, 0.25) is 5.02 Å². The van der Waals surface area contributed by atoms with Gasteiger partial charge in [0.25, 0.3) is 0 Å². The van der Waals surface area contributed by atoms with Crippen molar-refractivity contribution >= 4 is 11.6 Å². The molecule has 0 fully saturated rings. The van der Waals surface area contributed by atoms with Gasteiger partial charge in [-0.25, -0.2) is 4.98 Å². The van der Waals surface area contributed by atoms with E-state index >= 15 is 0 Å². The number of oxazole rings is 1. The molecule has 0 aliphatic heterocycles. The van der Waals surface area contributed by atoms with Crippen molar-refractivity contribution in [3.63, 3.8) is 0 Å². The summed E-state index contributed by atoms with van der Waals surface area (Å²) in [7, 11) is 0. The summed E-state index contributed by atoms with van der Waals surface area (Å²) in [4.78, 5) is 4.43. The fourth-order valence-electron chi connectivity index (χ4n) is 2.29. The maximum absolute atomic E-state index is 10.2. The van der Waals surface area contributed by atoms with Crippen molar-refractivity contribution < 1.29 is 9.52 Å². The molecule has 1 heterocycles. The summed E-state index contributed by atoms with van der Waals surface area (Å²) in [5.41, 5.74) is 2.44. The van der Waals surface area contributed by atoms with Crippen LogP contribution in [0.25, 0.3) is 11.5 Å². The lowest BCUT2D eigenvalue weighted by molar-refractivity contribution is 0.174. The summed E-state index contributed by atoms with van der Waals surface area (Å²) < 4.78 is 5.48. The maximum atomic E-state index is 10.2. The minimum atomic E-state index is -0.663. The lowest BCUT2D eigenvalue weighted by atomic mass is 10.1. The second-order valence-corrected chi connectivity index (χ2v) is 5.59. The van der Waals surface area contributed by atoms with Gasteiger partial charge in [0, 0.05) is 29.2 Å². The molecule has 0 aliphatic carbocycles. The van der Waals surface area contributed by atoms with E-state index in [9.17, 15) is 5.11 Å². The topological polar surface area (TPSA) is 58.3 Å². The second-order valence-electron chi connectivity index (χ2n) is 5.18. The quantitative estimate of drug-likeness (QED) is 0.722. The summed E-state index contributed by atoms with van der Waals surface area (Å²) in [6.07, 6.45) is 0.959. The Hall–Kier alpha value is -2.14. The molecule has 118 valence electrons. The van der Waals surface area contributed by atoms with Crippen molar-refractivity contribution in [1.29, 1.82) is 0 Å². The van der Waals surface area contributed by atoms with E-state index in [1.165, 1.54) is 0 Å². The molecule has 4 nitrogen and oxygen atoms in total. The fourth-order valence-corrected chi connectivity index (χ4v) is 2.56. The zero-order chi connectivity index (χ0) is 16.1. The molecule has 3 rings (SSSR count). The lowest BCUT2D eigenvalue weighted by Gasteiger charge is -2.12. The highest BCUT2D eigenvalue weighted by atomic mass is 35.5. The molecule has 0 saturated carbocycles. The van der Waals surface area contributed by atoms with E-state index in [2.05, 4.69) is 10.3 Å². The fraction of sp³-hybridized carbons (Fsp3) is 0.167. The first-order valence-electron chi connectivity index (χ1n) is 7.37. The minimum absolute atomic E-state index is 0.386. The zero-order valence-corrected chi connectivity index (χ0v) is 13.2. The lowest BCUT2D eigenvalue weighted by Crippen LogP contribution is -2.21. The predicted molar refractivity (Wildman–Crippen MR) is 90.1 cm³/mol. The van der Waals surface area contributed by atoms with E-state index in [0.717, 1.165) is 11.3 Å². The molecule has 0 amide bonds. The first-order chi connectivity index (χ1) is 11.2. The number of halogens is 1. The molecule has 2 N–H and O–H groups in total. The zero-order valence-electron chi connectivity index (χ0n) is 12.4. The number of aromatic nitrogens is 1. The summed E-state index contributed by atoms with van der Waals surface area (Å²) in [6, 6.07) is 17.0. The largest absolute Gasteiger partial charge is 0.444 e. The van der Waals surface area contributed by atoms with Gasteiger partial charge in [-0.05, 0) is 18.2 Å². The van der Waals surface area contributed by atoms with Crippen LogP contribution in [0.4, 0.5) is 0 Å². The molecule has 2 aromatic carbocycles. The number of hydrogen-bond acceptors (Lipinski definition) is 4. The van der Waals surface area contributed by atoms with Crippen molar-refractivity contribution in [3.05, 3.63) is 77.1 Å². The number of rotatable bonds is 6. The molecular formula is C18H17ClN2O2. The Bertz CT molecular complexity index is 758. The number of hydrogen-bond donors (Lipinski definition) is 2. The van der Waals surface area contributed by atoms with Gasteiger partial charge in [-0.2, -0.15) is 0 Å². The van der Waals surface area contributed by atoms with Gasteiger partial charge >= 0.3 is 0 Å². The molecule has 0 aliphatic rings. The van der Waals surface area contributed by atoms with E-state index in [1.807, 2.05) is 48.5 Å². The van der Waals surface area contributed by atoms with Crippen molar-refractivity contribution in [2.75, 3.05) is 6.54 Å². The van der Waals surface area contributed by atoms with Crippen LogP contribution in [0, 0.1) is 0 Å². The van der Waals surface area contributed by atoms with Gasteiger partial charge in [-0.3, -0.25) is 0 Å². The minimum Gasteiger partial charge on any atom is -0.444 e. The van der Waals surface area contributed by atoms with Gasteiger partial charge in [-0.15, -0.1) is 0 Å². The van der Waals surface area contributed by atoms with Gasteiger partial charge in [0.2, 0.25) is 5.89 Å². The van der Waals surface area contributed by atoms with Crippen molar-refractivity contribution in [2.24, 2.45) is 0 Å². The van der Waals surface area contributed by atoms with Crippen molar-refractivity contribution in [3.8, 4) is 11.5 Å². The molecule has 3 aromatic rings. The van der Waals surface area contributed by atoms with E-state index < -0.39 is 6.10 Å². The Kier molecular flexibility index (Phi) is 5.08. The van der Waals surface area contributed by atoms with Crippen LogP contribution in [0.5, 0.6) is 0 Å². The van der Waals surface area contributed by atoms with Crippen LogP contribution < -0.4 is 5.32 Å². The number of benzene rings is 2. The molecule has 5 heteroatoms. The molecule has 1 atom stereocenters. The van der Waals surface area contributed by atoms with Gasteiger partial charge < -0.3 is 14.8 Å². The van der Waals surface area contributed by atoms with Crippen LogP contribution in [0.15, 0.2) is 65.3 Å². The summed E-state index contributed by atoms with van der Waals surface area (Å²) in [6.45, 7) is 0.898. The van der Waals surface area contributed by atoms with E-state index in [-0.39, 0.29) is 0 Å². The van der Waals surface area contributed by atoms with Crippen LogP contribution in [-0.4, -0.2) is 16.6 Å². The van der Waals surface area contributed by atoms with E-state index in [0.29, 0.717) is 29.6 Å². The van der Waals surface area contributed by atoms with Crippen molar-refractivity contribution in [1.82, 2.24) is 10.3 Å². The number of nitrogens with one attached hydrogen (secondary N) is 1. The van der Waals surface area contributed by atoms with Crippen LogP contribution in [-0.2, 0) is 6.54 Å². The Morgan fingerprint density at radius 1 is 1.09 bits per heavy atom. The SMILES string of the molecule is OC(CNCc1coc(-c2ccccc2)n1)c1ccccc1Cl. The summed E-state index contributed by atoms with van der Waals surface area (Å²) in [5.74, 6) is 0.592. The smallest absolute Gasteiger partial charge is 0.226 e. The van der Waals surface area contributed by atoms with Gasteiger partial charge in [0.15, 0.2) is 0 Å². The third-order valence-electron chi connectivity index (χ3n) is 3.48. The average Bonchev–Trinajstić information content (AvgIpc) is 3.05. The average molecular weight is 329 g/mol. The monoisotopic (exact) mass is 328 g/mol. The van der Waals surface area contributed by atoms with Gasteiger partial charge in [0.05, 0.1) is 11.8 Å². The van der Waals surface area contributed by atoms with E-state index in [4.69, 9.17) is 16.0 Å². The predicted octanol–water partition coefficient (Wildman–Crippen LogP) is 3.82. The highest BCUT2D eigenvalue weighted by molar-refractivity contribution is 6.31. The molecular weight excluding hydrogens is 312 g/mol. The molecule has 1 aromatic heterocycles. The molecule has 23 heavy (non-hydrogen) atoms. The standard InChI is InChI=1S/C18H17ClN2O2/c19-16-9-5-4-8-15(16)17(22)11-20-10-14-12-23-18(21-14)13-6-2-1-3-7-13/h1-9,12,17,20,22H,10-11H2. The Labute approximate surface area is 139 Å². The third-order valence-corrected chi connectivity index (χ3v) is 3.82. The van der Waals surface area contributed by atoms with Gasteiger partial charge in [0.1, 0.15) is 6.26 Å². The molecule has 0 bridgehead atoms. The third kappa shape index (κ3) is 3.99. The molecule has 0 radical (unpaired) electrons. The number of aliphatic hydroxyl groups is 1. The maximum Gasteiger partial charge on any atom is 0.226 e. The Morgan fingerprint density at radius 3 is 2.61 bits per heavy atom. The van der Waals surface area contributed by atoms with Crippen LogP contribution >= 0.6 is 11.6 Å². The second kappa shape index (κ2) is 7.42. The summed E-state index contributed by atoms with van der Waals surface area (Å²) in [5, 5.41) is 13.9. The first-order valence-corrected chi connectivity index (χ1v) is 7.75. The van der Waals surface area contributed by atoms with Crippen LogP contribution in [0.3, 0.4) is 0 Å². The molecule has 0 saturated heterocycles. The highest BCUT2D eigenvalue weighted by Crippen LogP contribution is 2.22. The highest BCUT2D eigenvalue weighted by Gasteiger charge is 2.11. The van der Waals surface area contributed by atoms with Crippen molar-refractivity contribution in [2.45, 2.75) is 12.6 Å². The molecule has 0 spiro atoms. The Balaban J connectivity index is 1.55. The normalized spacial score (nSPS) is 12.3. The number of aliphatic hydroxyl groups excluding tert-OH is 1. The summed E-state index contributed by atoms with van der Waals surface area (Å²) >= 11 is 6.07. The van der Waals surface area contributed by atoms with Crippen LogP contribution in [0.1, 0.15) is 17.4 Å². The van der Waals surface area contributed by atoms with Gasteiger partial charge in [-0.1, -0.05) is 48.0 Å².